The Bertz CT molecular complexity index is 1090. The van der Waals surface area contributed by atoms with E-state index in [1.807, 2.05) is 24.3 Å². The monoisotopic (exact) mass is 539 g/mol. The zero-order valence-electron chi connectivity index (χ0n) is 23.3. The second-order valence-electron chi connectivity index (χ2n) is 10.5. The third-order valence-electron chi connectivity index (χ3n) is 8.42. The van der Waals surface area contributed by atoms with Gasteiger partial charge in [0.25, 0.3) is 5.91 Å². The summed E-state index contributed by atoms with van der Waals surface area (Å²) in [5.74, 6) is -2.78. The van der Waals surface area contributed by atoms with Gasteiger partial charge in [-0.2, -0.15) is 0 Å². The molecule has 212 valence electrons. The highest BCUT2D eigenvalue weighted by Gasteiger charge is 2.75. The van der Waals surface area contributed by atoms with Crippen molar-refractivity contribution in [2.24, 2.45) is 11.8 Å². The van der Waals surface area contributed by atoms with E-state index < -0.39 is 41.6 Å². The molecule has 3 aliphatic heterocycles. The number of ether oxygens (including phenoxy) is 2. The van der Waals surface area contributed by atoms with Gasteiger partial charge >= 0.3 is 5.97 Å². The lowest BCUT2D eigenvalue weighted by atomic mass is 9.70. The number of hydrogen-bond acceptors (Lipinski definition) is 7. The summed E-state index contributed by atoms with van der Waals surface area (Å²) in [7, 11) is 0. The van der Waals surface area contributed by atoms with Crippen LogP contribution in [0.1, 0.15) is 40.0 Å². The van der Waals surface area contributed by atoms with Crippen molar-refractivity contribution in [3.05, 3.63) is 49.6 Å². The van der Waals surface area contributed by atoms with Crippen molar-refractivity contribution >= 4 is 29.2 Å². The molecular weight excluding hydrogens is 498 g/mol. The van der Waals surface area contributed by atoms with Gasteiger partial charge in [-0.3, -0.25) is 14.4 Å². The summed E-state index contributed by atoms with van der Waals surface area (Å²) in [5, 5.41) is 10.1. The summed E-state index contributed by atoms with van der Waals surface area (Å²) in [6, 6.07) is 6.13. The molecule has 1 N–H and O–H groups in total. The first-order valence-corrected chi connectivity index (χ1v) is 13.9. The Morgan fingerprint density at radius 3 is 2.46 bits per heavy atom. The first kappa shape index (κ1) is 28.8. The van der Waals surface area contributed by atoms with Gasteiger partial charge in [0.1, 0.15) is 11.6 Å². The molecule has 4 rings (SSSR count). The zero-order chi connectivity index (χ0) is 28.3. The molecule has 0 aliphatic carbocycles. The molecule has 2 unspecified atom stereocenters. The van der Waals surface area contributed by atoms with Crippen molar-refractivity contribution in [2.45, 2.75) is 63.8 Å². The van der Waals surface area contributed by atoms with Crippen LogP contribution in [0, 0.1) is 11.8 Å². The highest BCUT2D eigenvalue weighted by molar-refractivity contribution is 6.04. The van der Waals surface area contributed by atoms with Crippen LogP contribution in [0.4, 0.5) is 11.4 Å². The van der Waals surface area contributed by atoms with E-state index in [-0.39, 0.29) is 31.6 Å². The summed E-state index contributed by atoms with van der Waals surface area (Å²) in [6.07, 6.45) is 4.35. The second kappa shape index (κ2) is 11.9. The number of aliphatic hydroxyl groups excluding tert-OH is 1. The van der Waals surface area contributed by atoms with Gasteiger partial charge in [0.15, 0.2) is 0 Å². The number of carbonyl (C=O) groups excluding carboxylic acids is 3. The van der Waals surface area contributed by atoms with Crippen LogP contribution in [0.25, 0.3) is 0 Å². The first-order valence-electron chi connectivity index (χ1n) is 13.9. The molecule has 1 aromatic carbocycles. The van der Waals surface area contributed by atoms with Crippen molar-refractivity contribution in [3.63, 3.8) is 0 Å². The van der Waals surface area contributed by atoms with Crippen LogP contribution in [0.2, 0.25) is 0 Å². The van der Waals surface area contributed by atoms with Gasteiger partial charge in [0.2, 0.25) is 5.91 Å². The van der Waals surface area contributed by atoms with Crippen molar-refractivity contribution in [1.82, 2.24) is 4.90 Å². The number of nitrogens with zero attached hydrogens (tertiary/aromatic N) is 3. The number of amides is 2. The molecule has 9 nitrogen and oxygen atoms in total. The number of carbonyl (C=O) groups is 3. The number of anilines is 2. The van der Waals surface area contributed by atoms with E-state index in [0.29, 0.717) is 24.9 Å². The predicted octanol–water partition coefficient (Wildman–Crippen LogP) is 2.93. The smallest absolute Gasteiger partial charge is 0.312 e. The van der Waals surface area contributed by atoms with Crippen LogP contribution in [0.15, 0.2) is 49.6 Å². The maximum atomic E-state index is 14.4. The van der Waals surface area contributed by atoms with Crippen LogP contribution in [0.3, 0.4) is 0 Å². The molecule has 2 amide bonds. The maximum absolute atomic E-state index is 14.4. The molecule has 3 fully saturated rings. The quantitative estimate of drug-likeness (QED) is 0.234. The average molecular weight is 540 g/mol. The van der Waals surface area contributed by atoms with Crippen molar-refractivity contribution in [3.8, 4) is 0 Å². The molecule has 0 aromatic heterocycles. The predicted molar refractivity (Wildman–Crippen MR) is 149 cm³/mol. The molecule has 3 saturated heterocycles. The van der Waals surface area contributed by atoms with Gasteiger partial charge in [-0.25, -0.2) is 0 Å². The number of fused-ring (bicyclic) bond motifs is 1. The Morgan fingerprint density at radius 1 is 1.21 bits per heavy atom. The second-order valence-corrected chi connectivity index (χ2v) is 10.5. The number of benzene rings is 1. The van der Waals surface area contributed by atoms with Gasteiger partial charge in [-0.05, 0) is 64.3 Å². The zero-order valence-corrected chi connectivity index (χ0v) is 23.3. The first-order chi connectivity index (χ1) is 18.8. The number of rotatable bonds is 13. The molecule has 2 bridgehead atoms. The third kappa shape index (κ3) is 4.87. The van der Waals surface area contributed by atoms with Crippen LogP contribution in [-0.2, 0) is 23.9 Å². The average Bonchev–Trinajstić information content (AvgIpc) is 3.59. The minimum absolute atomic E-state index is 0.176. The normalized spacial score (nSPS) is 27.7. The summed E-state index contributed by atoms with van der Waals surface area (Å²) in [4.78, 5) is 46.8. The van der Waals surface area contributed by atoms with Crippen molar-refractivity contribution in [2.75, 3.05) is 42.6 Å². The number of aliphatic hydroxyl groups is 1. The van der Waals surface area contributed by atoms with Gasteiger partial charge in [0, 0.05) is 31.0 Å². The Balaban J connectivity index is 1.71. The lowest BCUT2D eigenvalue weighted by Gasteiger charge is -2.38. The van der Waals surface area contributed by atoms with E-state index in [9.17, 15) is 19.5 Å². The lowest BCUT2D eigenvalue weighted by Crippen LogP contribution is -2.58. The van der Waals surface area contributed by atoms with Crippen molar-refractivity contribution < 1.29 is 29.0 Å². The molecule has 1 spiro atoms. The largest absolute Gasteiger partial charge is 0.465 e. The molecule has 0 saturated carbocycles. The van der Waals surface area contributed by atoms with Crippen LogP contribution >= 0.6 is 0 Å². The van der Waals surface area contributed by atoms with E-state index in [1.54, 1.807) is 24.0 Å². The minimum atomic E-state index is -1.16. The Kier molecular flexibility index (Phi) is 8.81. The molecule has 3 heterocycles. The van der Waals surface area contributed by atoms with Gasteiger partial charge in [-0.1, -0.05) is 12.2 Å². The fourth-order valence-corrected chi connectivity index (χ4v) is 6.57. The van der Waals surface area contributed by atoms with Gasteiger partial charge in [0.05, 0.1) is 37.2 Å². The molecule has 3 aliphatic rings. The Labute approximate surface area is 231 Å². The van der Waals surface area contributed by atoms with E-state index in [2.05, 4.69) is 31.9 Å². The summed E-state index contributed by atoms with van der Waals surface area (Å²) in [6.45, 7) is 15.2. The Hall–Kier alpha value is -3.17. The highest BCUT2D eigenvalue weighted by Crippen LogP contribution is 2.59. The highest BCUT2D eigenvalue weighted by atomic mass is 16.6. The standard InChI is InChI=1S/C30H41N3O6/c1-6-10-18-38-29(37)24-23-15-16-30(39-23)25(24)27(35)33(20(5)19-34)26(30)28(36)32(17-7-2)22-13-11-21(12-14-22)31(8-3)9-4/h6-7,11-14,20,23-26,34H,1-2,8-10,15-19H2,3-5H3/t20-,23-,24+,25+,26?,30?/m1/s1. The summed E-state index contributed by atoms with van der Waals surface area (Å²) >= 11 is 0. The molecule has 6 atom stereocenters. The molecule has 1 aromatic rings. The number of esters is 1. The van der Waals surface area contributed by atoms with Gasteiger partial charge in [-0.15, -0.1) is 13.2 Å². The lowest BCUT2D eigenvalue weighted by molar-refractivity contribution is -0.155. The van der Waals surface area contributed by atoms with Crippen LogP contribution in [-0.4, -0.2) is 84.4 Å². The fraction of sp³-hybridized carbons (Fsp3) is 0.567. The maximum Gasteiger partial charge on any atom is 0.312 e. The minimum Gasteiger partial charge on any atom is -0.465 e. The van der Waals surface area contributed by atoms with E-state index in [4.69, 9.17) is 9.47 Å². The van der Waals surface area contributed by atoms with E-state index >= 15 is 0 Å². The Morgan fingerprint density at radius 2 is 1.87 bits per heavy atom. The van der Waals surface area contributed by atoms with Gasteiger partial charge < -0.3 is 29.3 Å². The van der Waals surface area contributed by atoms with Crippen molar-refractivity contribution in [1.29, 1.82) is 0 Å². The summed E-state index contributed by atoms with van der Waals surface area (Å²) in [5.41, 5.74) is 0.563. The molecule has 39 heavy (non-hydrogen) atoms. The number of likely N-dealkylation sites (tertiary alicyclic amines) is 1. The topological polar surface area (TPSA) is 99.6 Å². The van der Waals surface area contributed by atoms with Crippen LogP contribution in [0.5, 0.6) is 0 Å². The molecule has 9 heteroatoms. The molecular formula is C30H41N3O6. The molecule has 0 radical (unpaired) electrons. The van der Waals surface area contributed by atoms with E-state index in [1.165, 1.54) is 4.90 Å². The van der Waals surface area contributed by atoms with E-state index in [0.717, 1.165) is 18.8 Å². The third-order valence-corrected chi connectivity index (χ3v) is 8.42. The van der Waals surface area contributed by atoms with Crippen LogP contribution < -0.4 is 9.80 Å². The summed E-state index contributed by atoms with van der Waals surface area (Å²) < 4.78 is 11.9. The number of hydrogen-bond donors (Lipinski definition) is 1. The fourth-order valence-electron chi connectivity index (χ4n) is 6.57. The SMILES string of the molecule is C=CCCOC(=O)[C@@H]1[C@H]2C(=O)N([C@H](C)CO)C(C(=O)N(CC=C)c3ccc(N(CC)CC)cc3)C23CC[C@H]1O3.